The second-order valence-corrected chi connectivity index (χ2v) is 4.81. The van der Waals surface area contributed by atoms with Gasteiger partial charge < -0.3 is 11.1 Å². The van der Waals surface area contributed by atoms with Gasteiger partial charge in [0, 0.05) is 11.3 Å². The van der Waals surface area contributed by atoms with E-state index < -0.39 is 0 Å². The first kappa shape index (κ1) is 12.9. The zero-order chi connectivity index (χ0) is 13.1. The topological polar surface area (TPSA) is 38.0 Å². The lowest BCUT2D eigenvalue weighted by molar-refractivity contribution is 1.42. The molecule has 2 rings (SSSR count). The molecule has 0 aliphatic heterocycles. The number of aryl methyl sites for hydroxylation is 1. The number of para-hydroxylation sites is 2. The summed E-state index contributed by atoms with van der Waals surface area (Å²) in [6.07, 6.45) is 0. The molecule has 0 heterocycles. The van der Waals surface area contributed by atoms with Gasteiger partial charge in [-0.3, -0.25) is 0 Å². The number of halogens is 1. The van der Waals surface area contributed by atoms with Crippen LogP contribution in [-0.4, -0.2) is 4.99 Å². The molecule has 3 N–H and O–H groups in total. The largest absolute Gasteiger partial charge is 0.389 e. The summed E-state index contributed by atoms with van der Waals surface area (Å²) in [4.78, 5) is 0.364. The summed E-state index contributed by atoms with van der Waals surface area (Å²) in [5.74, 6) is 0. The zero-order valence-corrected chi connectivity index (χ0v) is 11.5. The van der Waals surface area contributed by atoms with Crippen molar-refractivity contribution in [3.05, 3.63) is 58.6 Å². The number of thiocarbonyl (C=S) groups is 1. The summed E-state index contributed by atoms with van der Waals surface area (Å²) in [5.41, 5.74) is 9.32. The van der Waals surface area contributed by atoms with E-state index in [0.717, 1.165) is 22.5 Å². The Labute approximate surface area is 117 Å². The molecule has 0 fully saturated rings. The third-order valence-electron chi connectivity index (χ3n) is 2.67. The summed E-state index contributed by atoms with van der Waals surface area (Å²) in [5, 5.41) is 3.96. The Kier molecular flexibility index (Phi) is 3.84. The minimum atomic E-state index is 0.364. The van der Waals surface area contributed by atoms with Crippen LogP contribution in [0.2, 0.25) is 5.02 Å². The first-order valence-corrected chi connectivity index (χ1v) is 6.29. The standard InChI is InChI=1S/C14H13ClN2S/c1-9-5-4-7-11(15)13(9)17-12-8-3-2-6-10(12)14(16)18/h2-8,17H,1H3,(H2,16,18). The number of hydrogen-bond donors (Lipinski definition) is 2. The number of hydrogen-bond acceptors (Lipinski definition) is 2. The van der Waals surface area contributed by atoms with Crippen molar-refractivity contribution in [3.8, 4) is 0 Å². The Hall–Kier alpha value is -1.58. The van der Waals surface area contributed by atoms with E-state index in [2.05, 4.69) is 5.32 Å². The van der Waals surface area contributed by atoms with Gasteiger partial charge in [-0.15, -0.1) is 0 Å². The SMILES string of the molecule is Cc1cccc(Cl)c1Nc1ccccc1C(N)=S. The lowest BCUT2D eigenvalue weighted by Gasteiger charge is -2.14. The first-order valence-electron chi connectivity index (χ1n) is 5.50. The van der Waals surface area contributed by atoms with E-state index in [-0.39, 0.29) is 0 Å². The highest BCUT2D eigenvalue weighted by molar-refractivity contribution is 7.80. The van der Waals surface area contributed by atoms with Gasteiger partial charge in [-0.05, 0) is 30.7 Å². The van der Waals surface area contributed by atoms with Crippen molar-refractivity contribution in [3.63, 3.8) is 0 Å². The maximum absolute atomic E-state index is 6.18. The van der Waals surface area contributed by atoms with Crippen molar-refractivity contribution in [1.29, 1.82) is 0 Å². The van der Waals surface area contributed by atoms with E-state index in [1.54, 1.807) is 0 Å². The second kappa shape index (κ2) is 5.38. The molecule has 92 valence electrons. The predicted molar refractivity (Wildman–Crippen MR) is 81.8 cm³/mol. The summed E-state index contributed by atoms with van der Waals surface area (Å²) in [7, 11) is 0. The quantitative estimate of drug-likeness (QED) is 0.832. The van der Waals surface area contributed by atoms with E-state index in [1.807, 2.05) is 49.4 Å². The maximum Gasteiger partial charge on any atom is 0.106 e. The van der Waals surface area contributed by atoms with Gasteiger partial charge >= 0.3 is 0 Å². The molecular formula is C14H13ClN2S. The fraction of sp³-hybridized carbons (Fsp3) is 0.0714. The van der Waals surface area contributed by atoms with E-state index in [9.17, 15) is 0 Å². The van der Waals surface area contributed by atoms with Crippen LogP contribution in [-0.2, 0) is 0 Å². The maximum atomic E-state index is 6.18. The van der Waals surface area contributed by atoms with E-state index in [4.69, 9.17) is 29.6 Å². The molecule has 0 saturated heterocycles. The van der Waals surface area contributed by atoms with E-state index >= 15 is 0 Å². The van der Waals surface area contributed by atoms with Gasteiger partial charge in [0.15, 0.2) is 0 Å². The molecule has 2 aromatic rings. The van der Waals surface area contributed by atoms with Crippen molar-refractivity contribution in [2.75, 3.05) is 5.32 Å². The third kappa shape index (κ3) is 2.63. The Morgan fingerprint density at radius 1 is 1.17 bits per heavy atom. The lowest BCUT2D eigenvalue weighted by Crippen LogP contribution is -2.12. The van der Waals surface area contributed by atoms with Gasteiger partial charge in [-0.2, -0.15) is 0 Å². The van der Waals surface area contributed by atoms with Crippen LogP contribution in [0.15, 0.2) is 42.5 Å². The minimum absolute atomic E-state index is 0.364. The molecule has 18 heavy (non-hydrogen) atoms. The summed E-state index contributed by atoms with van der Waals surface area (Å²) in [6, 6.07) is 13.4. The van der Waals surface area contributed by atoms with E-state index in [1.165, 1.54) is 0 Å². The predicted octanol–water partition coefficient (Wildman–Crippen LogP) is 4.03. The summed E-state index contributed by atoms with van der Waals surface area (Å²) in [6.45, 7) is 2.00. The van der Waals surface area contributed by atoms with Gasteiger partial charge in [0.1, 0.15) is 4.99 Å². The normalized spacial score (nSPS) is 10.1. The molecular weight excluding hydrogens is 264 g/mol. The highest BCUT2D eigenvalue weighted by atomic mass is 35.5. The second-order valence-electron chi connectivity index (χ2n) is 3.97. The van der Waals surface area contributed by atoms with Crippen molar-refractivity contribution in [2.24, 2.45) is 5.73 Å². The van der Waals surface area contributed by atoms with Crippen LogP contribution in [0.1, 0.15) is 11.1 Å². The van der Waals surface area contributed by atoms with Crippen molar-refractivity contribution in [1.82, 2.24) is 0 Å². The zero-order valence-electron chi connectivity index (χ0n) is 9.91. The van der Waals surface area contributed by atoms with Crippen LogP contribution in [0.4, 0.5) is 11.4 Å². The Morgan fingerprint density at radius 2 is 1.89 bits per heavy atom. The van der Waals surface area contributed by atoms with Crippen molar-refractivity contribution >= 4 is 40.2 Å². The summed E-state index contributed by atoms with van der Waals surface area (Å²) < 4.78 is 0. The smallest absolute Gasteiger partial charge is 0.106 e. The van der Waals surface area contributed by atoms with Crippen LogP contribution in [0.3, 0.4) is 0 Å². The van der Waals surface area contributed by atoms with Crippen LogP contribution in [0.5, 0.6) is 0 Å². The number of benzene rings is 2. The average molecular weight is 277 g/mol. The van der Waals surface area contributed by atoms with Crippen LogP contribution in [0.25, 0.3) is 0 Å². The molecule has 0 spiro atoms. The van der Waals surface area contributed by atoms with Crippen molar-refractivity contribution in [2.45, 2.75) is 6.92 Å². The Balaban J connectivity index is 2.43. The van der Waals surface area contributed by atoms with Gasteiger partial charge in [0.2, 0.25) is 0 Å². The van der Waals surface area contributed by atoms with Crippen LogP contribution < -0.4 is 11.1 Å². The molecule has 0 radical (unpaired) electrons. The molecule has 0 aromatic heterocycles. The van der Waals surface area contributed by atoms with Crippen molar-refractivity contribution < 1.29 is 0 Å². The number of rotatable bonds is 3. The molecule has 0 atom stereocenters. The van der Waals surface area contributed by atoms with Gasteiger partial charge in [0.05, 0.1) is 10.7 Å². The van der Waals surface area contributed by atoms with Gasteiger partial charge in [-0.25, -0.2) is 0 Å². The monoisotopic (exact) mass is 276 g/mol. The van der Waals surface area contributed by atoms with Gasteiger partial charge in [0.25, 0.3) is 0 Å². The van der Waals surface area contributed by atoms with E-state index in [0.29, 0.717) is 10.0 Å². The molecule has 0 aliphatic rings. The lowest BCUT2D eigenvalue weighted by atomic mass is 10.1. The Bertz CT molecular complexity index is 576. The molecule has 0 amide bonds. The molecule has 0 aliphatic carbocycles. The molecule has 4 heteroatoms. The Morgan fingerprint density at radius 3 is 2.56 bits per heavy atom. The molecule has 2 nitrogen and oxygen atoms in total. The highest BCUT2D eigenvalue weighted by Crippen LogP contribution is 2.30. The first-order chi connectivity index (χ1) is 8.59. The number of anilines is 2. The number of nitrogens with one attached hydrogen (secondary N) is 1. The van der Waals surface area contributed by atoms with Crippen LogP contribution in [0, 0.1) is 6.92 Å². The van der Waals surface area contributed by atoms with Crippen LogP contribution >= 0.6 is 23.8 Å². The molecule has 0 bridgehead atoms. The fourth-order valence-corrected chi connectivity index (χ4v) is 2.18. The highest BCUT2D eigenvalue weighted by Gasteiger charge is 2.08. The fourth-order valence-electron chi connectivity index (χ4n) is 1.73. The van der Waals surface area contributed by atoms with Gasteiger partial charge in [-0.1, -0.05) is 48.1 Å². The number of nitrogens with two attached hydrogens (primary N) is 1. The average Bonchev–Trinajstić information content (AvgIpc) is 2.34. The molecule has 0 saturated carbocycles. The molecule has 0 unspecified atom stereocenters. The minimum Gasteiger partial charge on any atom is -0.389 e. The molecule has 2 aromatic carbocycles. The summed E-state index contributed by atoms with van der Waals surface area (Å²) >= 11 is 11.2. The third-order valence-corrected chi connectivity index (χ3v) is 3.21.